The molecule has 0 unspecified atom stereocenters. The van der Waals surface area contributed by atoms with Gasteiger partial charge in [-0.2, -0.15) is 4.72 Å². The van der Waals surface area contributed by atoms with Gasteiger partial charge in [-0.3, -0.25) is 9.59 Å². The predicted molar refractivity (Wildman–Crippen MR) is 109 cm³/mol. The average Bonchev–Trinajstić information content (AvgIpc) is 2.67. The van der Waals surface area contributed by atoms with Crippen molar-refractivity contribution in [1.29, 1.82) is 0 Å². The lowest BCUT2D eigenvalue weighted by molar-refractivity contribution is -0.146. The van der Waals surface area contributed by atoms with Crippen molar-refractivity contribution in [3.63, 3.8) is 0 Å². The minimum atomic E-state index is -3.87. The van der Waals surface area contributed by atoms with Crippen LogP contribution in [-0.2, 0) is 24.3 Å². The molecule has 0 radical (unpaired) electrons. The highest BCUT2D eigenvalue weighted by atomic mass is 35.5. The Balaban J connectivity index is 1.83. The number of hydrogen-bond donors (Lipinski definition) is 2. The van der Waals surface area contributed by atoms with E-state index in [1.807, 2.05) is 6.92 Å². The van der Waals surface area contributed by atoms with Crippen molar-refractivity contribution >= 4 is 39.2 Å². The molecular weight excluding hydrogens is 420 g/mol. The highest BCUT2D eigenvalue weighted by molar-refractivity contribution is 7.89. The molecule has 2 N–H and O–H groups in total. The molecule has 0 aliphatic rings. The van der Waals surface area contributed by atoms with Gasteiger partial charge in [0.25, 0.3) is 5.91 Å². The first kappa shape index (κ1) is 22.7. The van der Waals surface area contributed by atoms with Gasteiger partial charge in [-0.15, -0.1) is 0 Å². The Bertz CT molecular complexity index is 1020. The molecule has 0 saturated heterocycles. The molecule has 2 aromatic carbocycles. The topological polar surface area (TPSA) is 111 Å². The van der Waals surface area contributed by atoms with Gasteiger partial charge in [0.15, 0.2) is 6.61 Å². The van der Waals surface area contributed by atoms with Crippen LogP contribution >= 0.6 is 11.6 Å². The van der Waals surface area contributed by atoms with Crippen LogP contribution in [0.4, 0.5) is 5.69 Å². The number of carbonyl (C=O) groups is 2. The first-order valence-corrected chi connectivity index (χ1v) is 10.3. The van der Waals surface area contributed by atoms with Crippen molar-refractivity contribution in [2.45, 2.75) is 18.7 Å². The van der Waals surface area contributed by atoms with Gasteiger partial charge < -0.3 is 14.8 Å². The molecule has 0 aromatic heterocycles. The molecule has 0 saturated carbocycles. The van der Waals surface area contributed by atoms with Crippen LogP contribution in [0, 0.1) is 13.8 Å². The molecule has 0 atom stereocenters. The zero-order valence-electron chi connectivity index (χ0n) is 16.1. The second-order valence-electron chi connectivity index (χ2n) is 6.13. The summed E-state index contributed by atoms with van der Waals surface area (Å²) in [6.07, 6.45) is 0. The van der Waals surface area contributed by atoms with Crippen molar-refractivity contribution in [2.24, 2.45) is 0 Å². The van der Waals surface area contributed by atoms with E-state index in [-0.39, 0.29) is 4.90 Å². The van der Waals surface area contributed by atoms with Crippen LogP contribution in [0.3, 0.4) is 0 Å². The third-order valence-electron chi connectivity index (χ3n) is 4.00. The van der Waals surface area contributed by atoms with Gasteiger partial charge in [0.05, 0.1) is 17.0 Å². The number of aryl methyl sites for hydroxylation is 2. The number of anilines is 1. The second kappa shape index (κ2) is 9.73. The first-order chi connectivity index (χ1) is 13.6. The van der Waals surface area contributed by atoms with E-state index in [1.54, 1.807) is 25.1 Å². The molecule has 8 nitrogen and oxygen atoms in total. The molecule has 0 fully saturated rings. The number of sulfonamides is 1. The van der Waals surface area contributed by atoms with E-state index in [0.717, 1.165) is 11.1 Å². The molecule has 156 valence electrons. The van der Waals surface area contributed by atoms with Gasteiger partial charge in [0.1, 0.15) is 12.3 Å². The minimum Gasteiger partial charge on any atom is -0.495 e. The van der Waals surface area contributed by atoms with Crippen LogP contribution in [0.2, 0.25) is 5.02 Å². The molecule has 2 aromatic rings. The number of halogens is 1. The fourth-order valence-electron chi connectivity index (χ4n) is 2.26. The van der Waals surface area contributed by atoms with Gasteiger partial charge in [0, 0.05) is 5.69 Å². The largest absolute Gasteiger partial charge is 0.495 e. The molecule has 10 heteroatoms. The quantitative estimate of drug-likeness (QED) is 0.610. The van der Waals surface area contributed by atoms with E-state index in [1.165, 1.54) is 25.3 Å². The van der Waals surface area contributed by atoms with Gasteiger partial charge >= 0.3 is 5.97 Å². The summed E-state index contributed by atoms with van der Waals surface area (Å²) < 4.78 is 36.4. The summed E-state index contributed by atoms with van der Waals surface area (Å²) in [4.78, 5) is 23.7. The van der Waals surface area contributed by atoms with Crippen molar-refractivity contribution in [3.8, 4) is 5.75 Å². The number of esters is 1. The Hall–Kier alpha value is -2.62. The summed E-state index contributed by atoms with van der Waals surface area (Å²) in [5.41, 5.74) is 2.16. The lowest BCUT2D eigenvalue weighted by atomic mass is 10.1. The third-order valence-corrected chi connectivity index (χ3v) is 5.69. The lowest BCUT2D eigenvalue weighted by Crippen LogP contribution is -2.32. The van der Waals surface area contributed by atoms with Crippen LogP contribution in [0.25, 0.3) is 0 Å². The smallest absolute Gasteiger partial charge is 0.321 e. The Labute approximate surface area is 174 Å². The molecule has 1 amide bonds. The van der Waals surface area contributed by atoms with Crippen molar-refractivity contribution in [2.75, 3.05) is 25.6 Å². The number of nitrogens with one attached hydrogen (secondary N) is 2. The number of carbonyl (C=O) groups excluding carboxylic acids is 2. The number of rotatable bonds is 8. The van der Waals surface area contributed by atoms with Crippen molar-refractivity contribution in [1.82, 2.24) is 4.72 Å². The molecule has 0 aliphatic heterocycles. The van der Waals surface area contributed by atoms with Gasteiger partial charge in [-0.1, -0.05) is 17.7 Å². The van der Waals surface area contributed by atoms with E-state index in [9.17, 15) is 18.0 Å². The lowest BCUT2D eigenvalue weighted by Gasteiger charge is -2.10. The first-order valence-electron chi connectivity index (χ1n) is 8.48. The number of benzene rings is 2. The van der Waals surface area contributed by atoms with E-state index >= 15 is 0 Å². The zero-order chi connectivity index (χ0) is 21.6. The summed E-state index contributed by atoms with van der Waals surface area (Å²) in [6, 6.07) is 9.27. The Kier molecular flexibility index (Phi) is 7.60. The molecule has 0 heterocycles. The van der Waals surface area contributed by atoms with Gasteiger partial charge in [-0.05, 0) is 55.3 Å². The summed E-state index contributed by atoms with van der Waals surface area (Å²) >= 11 is 5.97. The highest BCUT2D eigenvalue weighted by Gasteiger charge is 2.17. The van der Waals surface area contributed by atoms with Gasteiger partial charge in [-0.25, -0.2) is 8.42 Å². The fourth-order valence-corrected chi connectivity index (χ4v) is 3.57. The highest BCUT2D eigenvalue weighted by Crippen LogP contribution is 2.27. The Morgan fingerprint density at radius 2 is 1.79 bits per heavy atom. The molecule has 2 rings (SSSR count). The summed E-state index contributed by atoms with van der Waals surface area (Å²) in [5, 5.41) is 2.81. The maximum atomic E-state index is 12.2. The summed E-state index contributed by atoms with van der Waals surface area (Å²) in [6.45, 7) is 2.48. The van der Waals surface area contributed by atoms with Crippen LogP contribution < -0.4 is 14.8 Å². The molecule has 0 bridgehead atoms. The van der Waals surface area contributed by atoms with Crippen LogP contribution in [0.1, 0.15) is 11.1 Å². The third kappa shape index (κ3) is 6.45. The second-order valence-corrected chi connectivity index (χ2v) is 8.30. The maximum absolute atomic E-state index is 12.2. The van der Waals surface area contributed by atoms with E-state index in [4.69, 9.17) is 21.1 Å². The predicted octanol–water partition coefficient (Wildman–Crippen LogP) is 2.43. The Morgan fingerprint density at radius 3 is 2.41 bits per heavy atom. The van der Waals surface area contributed by atoms with Crippen LogP contribution in [0.5, 0.6) is 5.75 Å². The average molecular weight is 441 g/mol. The van der Waals surface area contributed by atoms with E-state index < -0.39 is 35.1 Å². The standard InChI is InChI=1S/C19H21ClN2O6S/c1-12-4-6-15(8-13(12)2)29(25,26)21-10-19(24)28-11-18(23)22-14-5-7-17(27-3)16(20)9-14/h4-9,21H,10-11H2,1-3H3,(H,22,23). The zero-order valence-corrected chi connectivity index (χ0v) is 17.7. The fraction of sp³-hybridized carbons (Fsp3) is 0.263. The maximum Gasteiger partial charge on any atom is 0.321 e. The molecular formula is C19H21ClN2O6S. The number of amides is 1. The SMILES string of the molecule is COc1ccc(NC(=O)COC(=O)CNS(=O)(=O)c2ccc(C)c(C)c2)cc1Cl. The van der Waals surface area contributed by atoms with E-state index in [0.29, 0.717) is 16.5 Å². The Morgan fingerprint density at radius 1 is 1.07 bits per heavy atom. The molecule has 0 spiro atoms. The number of ether oxygens (including phenoxy) is 2. The van der Waals surface area contributed by atoms with Crippen LogP contribution in [0.15, 0.2) is 41.3 Å². The minimum absolute atomic E-state index is 0.0440. The summed E-state index contributed by atoms with van der Waals surface area (Å²) in [5.74, 6) is -1.04. The van der Waals surface area contributed by atoms with Crippen molar-refractivity contribution < 1.29 is 27.5 Å². The van der Waals surface area contributed by atoms with Gasteiger partial charge in [0.2, 0.25) is 10.0 Å². The number of methoxy groups -OCH3 is 1. The van der Waals surface area contributed by atoms with Crippen molar-refractivity contribution in [3.05, 3.63) is 52.5 Å². The number of hydrogen-bond acceptors (Lipinski definition) is 6. The van der Waals surface area contributed by atoms with E-state index in [2.05, 4.69) is 10.0 Å². The normalized spacial score (nSPS) is 11.0. The summed E-state index contributed by atoms with van der Waals surface area (Å²) in [7, 11) is -2.41. The monoisotopic (exact) mass is 440 g/mol. The molecule has 0 aliphatic carbocycles. The van der Waals surface area contributed by atoms with Crippen LogP contribution in [-0.4, -0.2) is 40.6 Å². The molecule has 29 heavy (non-hydrogen) atoms.